The van der Waals surface area contributed by atoms with E-state index in [-0.39, 0.29) is 18.1 Å². The van der Waals surface area contributed by atoms with Gasteiger partial charge in [0.15, 0.2) is 11.5 Å². The van der Waals surface area contributed by atoms with Gasteiger partial charge in [0, 0.05) is 0 Å². The van der Waals surface area contributed by atoms with E-state index < -0.39 is 0 Å². The minimum Gasteiger partial charge on any atom is -0.493 e. The number of ether oxygens (including phenoxy) is 3. The molecule has 1 N–H and O–H groups in total. The maximum Gasteiger partial charge on any atom is 0.223 e. The molecule has 1 aliphatic heterocycles. The maximum atomic E-state index is 12.7. The van der Waals surface area contributed by atoms with Crippen molar-refractivity contribution < 1.29 is 19.0 Å². The molecular weight excluding hydrogens is 366 g/mol. The number of methoxy groups -OCH3 is 1. The second-order valence-corrected chi connectivity index (χ2v) is 7.92. The van der Waals surface area contributed by atoms with Crippen molar-refractivity contribution in [2.45, 2.75) is 45.8 Å². The number of benzene rings is 2. The molecule has 0 fully saturated rings. The first-order valence-corrected chi connectivity index (χ1v) is 10.3. The molecule has 0 aromatic heterocycles. The first kappa shape index (κ1) is 21.2. The van der Waals surface area contributed by atoms with Gasteiger partial charge in [-0.2, -0.15) is 0 Å². The van der Waals surface area contributed by atoms with Crippen molar-refractivity contribution in [1.82, 2.24) is 5.32 Å². The topological polar surface area (TPSA) is 56.8 Å². The number of hydrogen-bond acceptors (Lipinski definition) is 4. The van der Waals surface area contributed by atoms with Gasteiger partial charge in [-0.15, -0.1) is 0 Å². The molecule has 0 bridgehead atoms. The fraction of sp³-hybridized carbons (Fsp3) is 0.458. The summed E-state index contributed by atoms with van der Waals surface area (Å²) in [7, 11) is 1.63. The van der Waals surface area contributed by atoms with Crippen molar-refractivity contribution in [3.05, 3.63) is 59.2 Å². The Labute approximate surface area is 173 Å². The number of hydrogen-bond donors (Lipinski definition) is 1. The number of amides is 1. The second-order valence-electron chi connectivity index (χ2n) is 7.92. The number of fused-ring (bicyclic) bond motifs is 1. The van der Waals surface area contributed by atoms with Gasteiger partial charge in [0.2, 0.25) is 5.91 Å². The van der Waals surface area contributed by atoms with Crippen LogP contribution in [0, 0.1) is 5.92 Å². The predicted molar refractivity (Wildman–Crippen MR) is 113 cm³/mol. The van der Waals surface area contributed by atoms with Crippen molar-refractivity contribution in [3.63, 3.8) is 0 Å². The molecule has 29 heavy (non-hydrogen) atoms. The summed E-state index contributed by atoms with van der Waals surface area (Å²) in [4.78, 5) is 12.7. The Kier molecular flexibility index (Phi) is 7.15. The third-order valence-corrected chi connectivity index (χ3v) is 5.10. The highest BCUT2D eigenvalue weighted by Gasteiger charge is 2.24. The van der Waals surface area contributed by atoms with Crippen LogP contribution in [0.1, 0.15) is 56.0 Å². The summed E-state index contributed by atoms with van der Waals surface area (Å²) in [6, 6.07) is 13.8. The molecule has 5 heteroatoms. The van der Waals surface area contributed by atoms with Gasteiger partial charge < -0.3 is 19.5 Å². The van der Waals surface area contributed by atoms with Gasteiger partial charge in [-0.25, -0.2) is 0 Å². The molecule has 0 radical (unpaired) electrons. The lowest BCUT2D eigenvalue weighted by molar-refractivity contribution is -0.125. The van der Waals surface area contributed by atoms with Crippen molar-refractivity contribution in [2.75, 3.05) is 20.3 Å². The van der Waals surface area contributed by atoms with Crippen LogP contribution in [-0.4, -0.2) is 26.2 Å². The number of carbonyl (C=O) groups is 1. The van der Waals surface area contributed by atoms with E-state index >= 15 is 0 Å². The standard InChI is InChI=1S/C24H31NO4/c1-16(2)15-29-21-10-9-19(13-23(21)27-4)17(3)25-24(26)14-22-20-8-6-5-7-18(20)11-12-28-22/h5-10,13,16-17,22H,11-12,14-15H2,1-4H3,(H,25,26). The fourth-order valence-corrected chi connectivity index (χ4v) is 3.53. The van der Waals surface area contributed by atoms with Gasteiger partial charge in [0.25, 0.3) is 0 Å². The first-order chi connectivity index (χ1) is 14.0. The smallest absolute Gasteiger partial charge is 0.223 e. The zero-order chi connectivity index (χ0) is 20.8. The van der Waals surface area contributed by atoms with E-state index in [0.29, 0.717) is 31.3 Å². The molecule has 2 aromatic rings. The normalized spacial score (nSPS) is 16.8. The van der Waals surface area contributed by atoms with Gasteiger partial charge >= 0.3 is 0 Å². The van der Waals surface area contributed by atoms with E-state index in [2.05, 4.69) is 31.3 Å². The van der Waals surface area contributed by atoms with Gasteiger partial charge in [0.1, 0.15) is 0 Å². The van der Waals surface area contributed by atoms with Crippen LogP contribution in [0.25, 0.3) is 0 Å². The molecule has 156 valence electrons. The van der Waals surface area contributed by atoms with Gasteiger partial charge in [-0.3, -0.25) is 4.79 Å². The average Bonchev–Trinajstić information content (AvgIpc) is 2.72. The Bertz CT molecular complexity index is 833. The lowest BCUT2D eigenvalue weighted by Crippen LogP contribution is -2.30. The summed E-state index contributed by atoms with van der Waals surface area (Å²) in [6.45, 7) is 7.46. The molecule has 2 atom stereocenters. The molecule has 0 saturated heterocycles. The average molecular weight is 398 g/mol. The third kappa shape index (κ3) is 5.51. The second kappa shape index (κ2) is 9.79. The maximum absolute atomic E-state index is 12.7. The van der Waals surface area contributed by atoms with E-state index in [4.69, 9.17) is 14.2 Å². The van der Waals surface area contributed by atoms with Crippen LogP contribution in [0.5, 0.6) is 11.5 Å². The molecular formula is C24H31NO4. The molecule has 0 aliphatic carbocycles. The van der Waals surface area contributed by atoms with Crippen LogP contribution in [-0.2, 0) is 16.0 Å². The van der Waals surface area contributed by atoms with E-state index in [1.54, 1.807) is 7.11 Å². The molecule has 2 unspecified atom stereocenters. The predicted octanol–water partition coefficient (Wildman–Crippen LogP) is 4.61. The molecule has 2 aromatic carbocycles. The Morgan fingerprint density at radius 1 is 1.17 bits per heavy atom. The summed E-state index contributed by atoms with van der Waals surface area (Å²) >= 11 is 0. The number of rotatable bonds is 8. The number of nitrogens with one attached hydrogen (secondary N) is 1. The Hall–Kier alpha value is -2.53. The van der Waals surface area contributed by atoms with Crippen molar-refractivity contribution in [1.29, 1.82) is 0 Å². The minimum absolute atomic E-state index is 0.0293. The van der Waals surface area contributed by atoms with Crippen LogP contribution >= 0.6 is 0 Å². The molecule has 0 spiro atoms. The highest BCUT2D eigenvalue weighted by atomic mass is 16.5. The Morgan fingerprint density at radius 2 is 1.97 bits per heavy atom. The van der Waals surface area contributed by atoms with Gasteiger partial charge in [0.05, 0.1) is 38.9 Å². The van der Waals surface area contributed by atoms with Gasteiger partial charge in [-0.1, -0.05) is 44.2 Å². The fourth-order valence-electron chi connectivity index (χ4n) is 3.53. The zero-order valence-electron chi connectivity index (χ0n) is 17.7. The summed E-state index contributed by atoms with van der Waals surface area (Å²) in [5.41, 5.74) is 3.36. The lowest BCUT2D eigenvalue weighted by Gasteiger charge is -2.26. The van der Waals surface area contributed by atoms with Crippen molar-refractivity contribution in [3.8, 4) is 11.5 Å². The summed E-state index contributed by atoms with van der Waals surface area (Å²) in [6.07, 6.45) is 1.03. The van der Waals surface area contributed by atoms with Crippen LogP contribution in [0.2, 0.25) is 0 Å². The van der Waals surface area contributed by atoms with Crippen LogP contribution in [0.15, 0.2) is 42.5 Å². The summed E-state index contributed by atoms with van der Waals surface area (Å²) < 4.78 is 17.1. The summed E-state index contributed by atoms with van der Waals surface area (Å²) in [5, 5.41) is 3.08. The highest BCUT2D eigenvalue weighted by molar-refractivity contribution is 5.77. The van der Waals surface area contributed by atoms with E-state index in [0.717, 1.165) is 23.3 Å². The van der Waals surface area contributed by atoms with Crippen LogP contribution < -0.4 is 14.8 Å². The van der Waals surface area contributed by atoms with E-state index in [1.807, 2.05) is 37.3 Å². The van der Waals surface area contributed by atoms with Gasteiger partial charge in [-0.05, 0) is 48.1 Å². The highest BCUT2D eigenvalue weighted by Crippen LogP contribution is 2.32. The number of carbonyl (C=O) groups excluding carboxylic acids is 1. The molecule has 1 heterocycles. The molecule has 3 rings (SSSR count). The Balaban J connectivity index is 1.62. The molecule has 1 amide bonds. The molecule has 0 saturated carbocycles. The SMILES string of the molecule is COc1cc(C(C)NC(=O)CC2OCCc3ccccc32)ccc1OCC(C)C. The third-order valence-electron chi connectivity index (χ3n) is 5.10. The lowest BCUT2D eigenvalue weighted by atomic mass is 9.95. The largest absolute Gasteiger partial charge is 0.493 e. The zero-order valence-corrected chi connectivity index (χ0v) is 17.7. The van der Waals surface area contributed by atoms with E-state index in [1.165, 1.54) is 5.56 Å². The minimum atomic E-state index is -0.187. The van der Waals surface area contributed by atoms with E-state index in [9.17, 15) is 4.79 Å². The van der Waals surface area contributed by atoms with Crippen molar-refractivity contribution in [2.24, 2.45) is 5.92 Å². The van der Waals surface area contributed by atoms with Crippen LogP contribution in [0.3, 0.4) is 0 Å². The first-order valence-electron chi connectivity index (χ1n) is 10.3. The molecule has 1 aliphatic rings. The van der Waals surface area contributed by atoms with Crippen LogP contribution in [0.4, 0.5) is 0 Å². The monoisotopic (exact) mass is 397 g/mol. The summed E-state index contributed by atoms with van der Waals surface area (Å²) in [5.74, 6) is 1.80. The Morgan fingerprint density at radius 3 is 2.72 bits per heavy atom. The van der Waals surface area contributed by atoms with Crippen molar-refractivity contribution >= 4 is 5.91 Å². The molecule has 5 nitrogen and oxygen atoms in total. The quantitative estimate of drug-likeness (QED) is 0.707.